The van der Waals surface area contributed by atoms with Crippen molar-refractivity contribution >= 4 is 11.4 Å². The predicted molar refractivity (Wildman–Crippen MR) is 73.0 cm³/mol. The van der Waals surface area contributed by atoms with Crippen molar-refractivity contribution in [3.63, 3.8) is 0 Å². The summed E-state index contributed by atoms with van der Waals surface area (Å²) in [7, 11) is 1.55. The minimum Gasteiger partial charge on any atom is -0.496 e. The minimum atomic E-state index is 0.0650. The molecule has 0 heterocycles. The van der Waals surface area contributed by atoms with Gasteiger partial charge in [0.1, 0.15) is 17.5 Å². The SMILES string of the molecule is COc1ccccc1-c1ccc(N=O)c(N)c1C#N. The van der Waals surface area contributed by atoms with Gasteiger partial charge in [-0.2, -0.15) is 5.26 Å². The van der Waals surface area contributed by atoms with Gasteiger partial charge in [0.25, 0.3) is 0 Å². The summed E-state index contributed by atoms with van der Waals surface area (Å²) in [5.41, 5.74) is 7.51. The van der Waals surface area contributed by atoms with Gasteiger partial charge in [-0.3, -0.25) is 0 Å². The number of nitrogen functional groups attached to an aromatic ring is 1. The Morgan fingerprint density at radius 3 is 2.58 bits per heavy atom. The molecule has 0 aliphatic rings. The van der Waals surface area contributed by atoms with Crippen LogP contribution >= 0.6 is 0 Å². The summed E-state index contributed by atoms with van der Waals surface area (Å²) >= 11 is 0. The third kappa shape index (κ3) is 2.11. The van der Waals surface area contributed by atoms with Gasteiger partial charge in [-0.15, -0.1) is 4.91 Å². The third-order valence-corrected chi connectivity index (χ3v) is 2.83. The number of para-hydroxylation sites is 1. The Morgan fingerprint density at radius 1 is 1.21 bits per heavy atom. The van der Waals surface area contributed by atoms with Crippen LogP contribution in [-0.2, 0) is 0 Å². The van der Waals surface area contributed by atoms with Crippen LogP contribution in [0.25, 0.3) is 11.1 Å². The maximum absolute atomic E-state index is 10.6. The monoisotopic (exact) mass is 253 g/mol. The standard InChI is InChI=1S/C14H11N3O2/c1-19-13-5-3-2-4-10(13)9-6-7-12(17-18)14(16)11(9)8-15/h2-7H,16H2,1H3. The molecule has 0 fully saturated rings. The van der Waals surface area contributed by atoms with Crippen molar-refractivity contribution in [1.29, 1.82) is 5.26 Å². The van der Waals surface area contributed by atoms with Crippen LogP contribution in [-0.4, -0.2) is 7.11 Å². The van der Waals surface area contributed by atoms with Gasteiger partial charge in [-0.25, -0.2) is 0 Å². The zero-order valence-electron chi connectivity index (χ0n) is 10.3. The van der Waals surface area contributed by atoms with E-state index in [2.05, 4.69) is 5.18 Å². The van der Waals surface area contributed by atoms with Crippen LogP contribution < -0.4 is 10.5 Å². The van der Waals surface area contributed by atoms with E-state index < -0.39 is 0 Å². The van der Waals surface area contributed by atoms with Crippen LogP contribution in [0.2, 0.25) is 0 Å². The van der Waals surface area contributed by atoms with E-state index in [0.29, 0.717) is 11.3 Å². The second kappa shape index (κ2) is 5.19. The fourth-order valence-electron chi connectivity index (χ4n) is 1.90. The Bertz CT molecular complexity index is 675. The van der Waals surface area contributed by atoms with E-state index in [1.165, 1.54) is 6.07 Å². The first kappa shape index (κ1) is 12.6. The molecular weight excluding hydrogens is 242 g/mol. The first-order valence-electron chi connectivity index (χ1n) is 5.52. The molecule has 19 heavy (non-hydrogen) atoms. The number of nitrogens with zero attached hydrogens (tertiary/aromatic N) is 2. The molecule has 2 N–H and O–H groups in total. The van der Waals surface area contributed by atoms with Crippen LogP contribution in [0, 0.1) is 16.2 Å². The highest BCUT2D eigenvalue weighted by Crippen LogP contribution is 2.37. The van der Waals surface area contributed by atoms with Crippen molar-refractivity contribution in [2.75, 3.05) is 12.8 Å². The highest BCUT2D eigenvalue weighted by Gasteiger charge is 2.15. The smallest absolute Gasteiger partial charge is 0.132 e. The molecule has 0 aliphatic carbocycles. The van der Waals surface area contributed by atoms with Gasteiger partial charge in [0.2, 0.25) is 0 Å². The zero-order chi connectivity index (χ0) is 13.8. The van der Waals surface area contributed by atoms with E-state index in [4.69, 9.17) is 10.5 Å². The van der Waals surface area contributed by atoms with Crippen molar-refractivity contribution in [1.82, 2.24) is 0 Å². The molecule has 0 radical (unpaired) electrons. The van der Waals surface area contributed by atoms with Crippen LogP contribution in [0.15, 0.2) is 41.6 Å². The summed E-state index contributed by atoms with van der Waals surface area (Å²) < 4.78 is 5.26. The van der Waals surface area contributed by atoms with Crippen molar-refractivity contribution < 1.29 is 4.74 Å². The fraction of sp³-hybridized carbons (Fsp3) is 0.0714. The zero-order valence-corrected chi connectivity index (χ0v) is 10.3. The summed E-state index contributed by atoms with van der Waals surface area (Å²) in [5, 5.41) is 12.0. The van der Waals surface area contributed by atoms with Crippen LogP contribution in [0.3, 0.4) is 0 Å². The summed E-state index contributed by atoms with van der Waals surface area (Å²) in [5.74, 6) is 0.630. The summed E-state index contributed by atoms with van der Waals surface area (Å²) in [4.78, 5) is 10.6. The van der Waals surface area contributed by atoms with E-state index in [9.17, 15) is 10.2 Å². The molecule has 0 saturated carbocycles. The molecule has 0 bridgehead atoms. The number of nitroso groups, excluding NO2 is 1. The number of nitriles is 1. The lowest BCUT2D eigenvalue weighted by Gasteiger charge is -2.11. The molecule has 0 unspecified atom stereocenters. The van der Waals surface area contributed by atoms with Gasteiger partial charge in [0.05, 0.1) is 18.4 Å². The molecule has 0 aromatic heterocycles. The van der Waals surface area contributed by atoms with Gasteiger partial charge < -0.3 is 10.5 Å². The molecule has 0 aliphatic heterocycles. The summed E-state index contributed by atoms with van der Waals surface area (Å²) in [6.07, 6.45) is 0. The topological polar surface area (TPSA) is 88.5 Å². The Balaban J connectivity index is 2.73. The van der Waals surface area contributed by atoms with Gasteiger partial charge in [0.15, 0.2) is 0 Å². The van der Waals surface area contributed by atoms with Gasteiger partial charge in [0, 0.05) is 11.1 Å². The molecule has 2 aromatic rings. The normalized spacial score (nSPS) is 9.68. The average molecular weight is 253 g/mol. The lowest BCUT2D eigenvalue weighted by molar-refractivity contribution is 0.416. The highest BCUT2D eigenvalue weighted by atomic mass is 16.5. The largest absolute Gasteiger partial charge is 0.496 e. The summed E-state index contributed by atoms with van der Waals surface area (Å²) in [6.45, 7) is 0. The van der Waals surface area contributed by atoms with Crippen LogP contribution in [0.5, 0.6) is 5.75 Å². The molecule has 5 nitrogen and oxygen atoms in total. The number of anilines is 1. The van der Waals surface area contributed by atoms with Crippen LogP contribution in [0.1, 0.15) is 5.56 Å². The number of ether oxygens (including phenoxy) is 1. The van der Waals surface area contributed by atoms with E-state index in [-0.39, 0.29) is 16.9 Å². The third-order valence-electron chi connectivity index (χ3n) is 2.83. The average Bonchev–Trinajstić information content (AvgIpc) is 2.46. The molecule has 2 aromatic carbocycles. The highest BCUT2D eigenvalue weighted by molar-refractivity contribution is 5.85. The first-order valence-corrected chi connectivity index (χ1v) is 5.52. The van der Waals surface area contributed by atoms with Crippen molar-refractivity contribution in [2.24, 2.45) is 5.18 Å². The maximum atomic E-state index is 10.6. The van der Waals surface area contributed by atoms with E-state index >= 15 is 0 Å². The molecular formula is C14H11N3O2. The Morgan fingerprint density at radius 2 is 1.95 bits per heavy atom. The molecule has 2 rings (SSSR count). The molecule has 5 heteroatoms. The van der Waals surface area contributed by atoms with E-state index in [1.807, 2.05) is 24.3 Å². The second-order valence-electron chi connectivity index (χ2n) is 3.82. The first-order chi connectivity index (χ1) is 9.22. The predicted octanol–water partition coefficient (Wildman–Crippen LogP) is 3.21. The number of hydrogen-bond donors (Lipinski definition) is 1. The maximum Gasteiger partial charge on any atom is 0.132 e. The lowest BCUT2D eigenvalue weighted by Crippen LogP contribution is -1.96. The van der Waals surface area contributed by atoms with Crippen molar-refractivity contribution in [2.45, 2.75) is 0 Å². The number of hydrogen-bond acceptors (Lipinski definition) is 5. The summed E-state index contributed by atoms with van der Waals surface area (Å²) in [6, 6.07) is 12.4. The Labute approximate surface area is 110 Å². The van der Waals surface area contributed by atoms with Crippen molar-refractivity contribution in [3.8, 4) is 22.9 Å². The number of benzene rings is 2. The number of methoxy groups -OCH3 is 1. The fourth-order valence-corrected chi connectivity index (χ4v) is 1.90. The second-order valence-corrected chi connectivity index (χ2v) is 3.82. The van der Waals surface area contributed by atoms with Gasteiger partial charge in [-0.1, -0.05) is 24.3 Å². The molecule has 0 saturated heterocycles. The minimum absolute atomic E-state index is 0.0650. The Hall–Kier alpha value is -2.87. The quantitative estimate of drug-likeness (QED) is 0.671. The van der Waals surface area contributed by atoms with Crippen molar-refractivity contribution in [3.05, 3.63) is 46.9 Å². The van der Waals surface area contributed by atoms with E-state index in [1.54, 1.807) is 19.2 Å². The molecule has 0 amide bonds. The molecule has 0 spiro atoms. The van der Waals surface area contributed by atoms with Gasteiger partial charge >= 0.3 is 0 Å². The van der Waals surface area contributed by atoms with E-state index in [0.717, 1.165) is 5.56 Å². The molecule has 94 valence electrons. The van der Waals surface area contributed by atoms with Crippen LogP contribution in [0.4, 0.5) is 11.4 Å². The van der Waals surface area contributed by atoms with Gasteiger partial charge in [-0.05, 0) is 17.3 Å². The number of nitrogens with two attached hydrogens (primary N) is 1. The number of rotatable bonds is 3. The molecule has 0 atom stereocenters. The Kier molecular flexibility index (Phi) is 3.44. The lowest BCUT2D eigenvalue weighted by atomic mass is 9.97.